The normalized spacial score (nSPS) is 14.0. The Kier molecular flexibility index (Phi) is 3.44. The summed E-state index contributed by atoms with van der Waals surface area (Å²) in [6.45, 7) is 0. The van der Waals surface area contributed by atoms with Crippen LogP contribution in [0.2, 0.25) is 0 Å². The lowest BCUT2D eigenvalue weighted by Crippen LogP contribution is -2.24. The summed E-state index contributed by atoms with van der Waals surface area (Å²) in [6, 6.07) is 8.24. The van der Waals surface area contributed by atoms with Crippen molar-refractivity contribution in [2.24, 2.45) is 5.10 Å². The number of fused-ring (bicyclic) bond motifs is 1. The minimum absolute atomic E-state index is 0.155. The van der Waals surface area contributed by atoms with Crippen LogP contribution >= 0.6 is 0 Å². The van der Waals surface area contributed by atoms with E-state index in [1.807, 2.05) is 0 Å². The van der Waals surface area contributed by atoms with Gasteiger partial charge in [-0.15, -0.1) is 0 Å². The van der Waals surface area contributed by atoms with E-state index >= 15 is 0 Å². The van der Waals surface area contributed by atoms with Crippen molar-refractivity contribution < 1.29 is 27.2 Å². The summed E-state index contributed by atoms with van der Waals surface area (Å²) < 4.78 is 53.8. The lowest BCUT2D eigenvalue weighted by Gasteiger charge is -2.05. The van der Waals surface area contributed by atoms with Gasteiger partial charge in [0.15, 0.2) is 23.3 Å². The molecule has 0 aromatic heterocycles. The van der Waals surface area contributed by atoms with Crippen LogP contribution in [-0.4, -0.2) is 23.0 Å². The standard InChI is InChI=1S/C15H6F4N2O2/c16-10-8-9(11(17)13(19)12(10)18)15(23)21(14(8)22)20-6-7-4-2-1-3-5-7/h1-6H. The zero-order valence-corrected chi connectivity index (χ0v) is 11.2. The van der Waals surface area contributed by atoms with E-state index in [4.69, 9.17) is 0 Å². The van der Waals surface area contributed by atoms with Crippen LogP contribution in [0.15, 0.2) is 35.4 Å². The molecule has 0 aliphatic carbocycles. The number of nitrogens with zero attached hydrogens (tertiary/aromatic N) is 2. The van der Waals surface area contributed by atoms with Crippen molar-refractivity contribution in [2.75, 3.05) is 0 Å². The molecule has 0 saturated carbocycles. The Balaban J connectivity index is 2.07. The molecule has 0 radical (unpaired) electrons. The minimum Gasteiger partial charge on any atom is -0.266 e. The zero-order valence-electron chi connectivity index (χ0n) is 11.2. The van der Waals surface area contributed by atoms with Crippen LogP contribution in [0.1, 0.15) is 26.3 Å². The number of hydrogen-bond acceptors (Lipinski definition) is 3. The molecule has 0 bridgehead atoms. The van der Waals surface area contributed by atoms with Crippen molar-refractivity contribution in [1.82, 2.24) is 5.01 Å². The summed E-state index contributed by atoms with van der Waals surface area (Å²) in [6.07, 6.45) is 1.10. The lowest BCUT2D eigenvalue weighted by atomic mass is 10.1. The van der Waals surface area contributed by atoms with Crippen LogP contribution in [0.5, 0.6) is 0 Å². The average molecular weight is 322 g/mol. The molecule has 0 N–H and O–H groups in total. The van der Waals surface area contributed by atoms with Crippen LogP contribution in [0.3, 0.4) is 0 Å². The van der Waals surface area contributed by atoms with Gasteiger partial charge in [0.05, 0.1) is 17.3 Å². The summed E-state index contributed by atoms with van der Waals surface area (Å²) in [5.41, 5.74) is -1.84. The highest BCUT2D eigenvalue weighted by Crippen LogP contribution is 2.31. The summed E-state index contributed by atoms with van der Waals surface area (Å²) in [5.74, 6) is -10.9. The molecule has 1 aliphatic rings. The van der Waals surface area contributed by atoms with E-state index in [2.05, 4.69) is 5.10 Å². The van der Waals surface area contributed by atoms with Crippen molar-refractivity contribution in [3.05, 3.63) is 70.3 Å². The SMILES string of the molecule is O=C1c2c(F)c(F)c(F)c(F)c2C(=O)N1N=Cc1ccccc1. The fraction of sp³-hybridized carbons (Fsp3) is 0. The maximum Gasteiger partial charge on any atom is 0.285 e. The Labute approximate surface area is 126 Å². The van der Waals surface area contributed by atoms with Gasteiger partial charge in [-0.1, -0.05) is 30.3 Å². The smallest absolute Gasteiger partial charge is 0.266 e. The van der Waals surface area contributed by atoms with Gasteiger partial charge in [0.25, 0.3) is 11.8 Å². The van der Waals surface area contributed by atoms with Gasteiger partial charge in [-0.05, 0) is 5.56 Å². The van der Waals surface area contributed by atoms with Crippen LogP contribution < -0.4 is 0 Å². The summed E-state index contributed by atoms with van der Waals surface area (Å²) in [5, 5.41) is 3.70. The molecule has 0 spiro atoms. The van der Waals surface area contributed by atoms with E-state index in [0.717, 1.165) is 6.21 Å². The topological polar surface area (TPSA) is 49.7 Å². The second-order valence-electron chi connectivity index (χ2n) is 4.58. The van der Waals surface area contributed by atoms with Crippen molar-refractivity contribution in [1.29, 1.82) is 0 Å². The minimum atomic E-state index is -2.16. The summed E-state index contributed by atoms with van der Waals surface area (Å²) >= 11 is 0. The van der Waals surface area contributed by atoms with Crippen LogP contribution in [-0.2, 0) is 0 Å². The Morgan fingerprint density at radius 2 is 1.26 bits per heavy atom. The Morgan fingerprint density at radius 3 is 1.74 bits per heavy atom. The summed E-state index contributed by atoms with van der Waals surface area (Å²) in [7, 11) is 0. The van der Waals surface area contributed by atoms with Crippen molar-refractivity contribution in [3.63, 3.8) is 0 Å². The molecule has 0 saturated heterocycles. The number of amides is 2. The van der Waals surface area contributed by atoms with Crippen LogP contribution in [0, 0.1) is 23.3 Å². The van der Waals surface area contributed by atoms with Crippen molar-refractivity contribution in [2.45, 2.75) is 0 Å². The molecule has 2 aromatic rings. The number of benzene rings is 2. The second kappa shape index (κ2) is 5.31. The van der Waals surface area contributed by atoms with Crippen LogP contribution in [0.4, 0.5) is 17.6 Å². The number of carbonyl (C=O) groups is 2. The number of imide groups is 1. The van der Waals surface area contributed by atoms with Gasteiger partial charge in [-0.3, -0.25) is 9.59 Å². The van der Waals surface area contributed by atoms with Crippen LogP contribution in [0.25, 0.3) is 0 Å². The molecule has 1 heterocycles. The Bertz CT molecular complexity index is 819. The third-order valence-electron chi connectivity index (χ3n) is 3.20. The second-order valence-corrected chi connectivity index (χ2v) is 4.58. The molecule has 0 atom stereocenters. The van der Waals surface area contributed by atoms with Gasteiger partial charge in [-0.2, -0.15) is 10.1 Å². The highest BCUT2D eigenvalue weighted by Gasteiger charge is 2.44. The Hall–Kier alpha value is -3.03. The van der Waals surface area contributed by atoms with Gasteiger partial charge in [0.1, 0.15) is 0 Å². The quantitative estimate of drug-likeness (QED) is 0.281. The zero-order chi connectivity index (χ0) is 16.7. The average Bonchev–Trinajstić information content (AvgIpc) is 2.81. The highest BCUT2D eigenvalue weighted by atomic mass is 19.2. The highest BCUT2D eigenvalue weighted by molar-refractivity contribution is 6.21. The van der Waals surface area contributed by atoms with E-state index in [9.17, 15) is 27.2 Å². The molecule has 3 rings (SSSR count). The lowest BCUT2D eigenvalue weighted by molar-refractivity contribution is 0.0657. The number of halogens is 4. The summed E-state index contributed by atoms with van der Waals surface area (Å²) in [4.78, 5) is 23.9. The third kappa shape index (κ3) is 2.19. The predicted molar refractivity (Wildman–Crippen MR) is 70.8 cm³/mol. The molecular formula is C15H6F4N2O2. The first-order valence-corrected chi connectivity index (χ1v) is 6.27. The van der Waals surface area contributed by atoms with E-state index in [1.54, 1.807) is 30.3 Å². The third-order valence-corrected chi connectivity index (χ3v) is 3.20. The maximum absolute atomic E-state index is 13.7. The first kappa shape index (κ1) is 14.9. The first-order valence-electron chi connectivity index (χ1n) is 6.27. The van der Waals surface area contributed by atoms with E-state index in [-0.39, 0.29) is 5.01 Å². The molecule has 116 valence electrons. The molecule has 2 amide bonds. The molecule has 0 fully saturated rings. The number of rotatable bonds is 2. The first-order chi connectivity index (χ1) is 10.9. The fourth-order valence-corrected chi connectivity index (χ4v) is 2.11. The van der Waals surface area contributed by atoms with Crippen molar-refractivity contribution in [3.8, 4) is 0 Å². The van der Waals surface area contributed by atoms with Gasteiger partial charge >= 0.3 is 0 Å². The number of hydrogen-bond donors (Lipinski definition) is 0. The molecule has 0 unspecified atom stereocenters. The van der Waals surface area contributed by atoms with Gasteiger partial charge in [-0.25, -0.2) is 17.6 Å². The van der Waals surface area contributed by atoms with Crippen molar-refractivity contribution >= 4 is 18.0 Å². The maximum atomic E-state index is 13.7. The Morgan fingerprint density at radius 1 is 0.783 bits per heavy atom. The molecular weight excluding hydrogens is 316 g/mol. The monoisotopic (exact) mass is 322 g/mol. The molecule has 23 heavy (non-hydrogen) atoms. The molecule has 4 nitrogen and oxygen atoms in total. The molecule has 1 aliphatic heterocycles. The fourth-order valence-electron chi connectivity index (χ4n) is 2.11. The van der Waals surface area contributed by atoms with Gasteiger partial charge in [0.2, 0.25) is 0 Å². The van der Waals surface area contributed by atoms with E-state index in [1.165, 1.54) is 0 Å². The molecule has 2 aromatic carbocycles. The largest absolute Gasteiger partial charge is 0.285 e. The van der Waals surface area contributed by atoms with Gasteiger partial charge < -0.3 is 0 Å². The number of carbonyl (C=O) groups excluding carboxylic acids is 2. The van der Waals surface area contributed by atoms with Gasteiger partial charge in [0, 0.05) is 0 Å². The van der Waals surface area contributed by atoms with E-state index < -0.39 is 46.2 Å². The molecule has 8 heteroatoms. The van der Waals surface area contributed by atoms with E-state index in [0.29, 0.717) is 5.56 Å². The predicted octanol–water partition coefficient (Wildman–Crippen LogP) is 2.87. The number of hydrazone groups is 1.